The van der Waals surface area contributed by atoms with Crippen LogP contribution in [0.2, 0.25) is 5.02 Å². The number of nitrogens with zero attached hydrogens (tertiary/aromatic N) is 1. The Bertz CT molecular complexity index is 628. The monoisotopic (exact) mass is 303 g/mol. The molecule has 2 aromatic rings. The molecule has 0 bridgehead atoms. The average Bonchev–Trinajstić information content (AvgIpc) is 2.48. The van der Waals surface area contributed by atoms with Crippen molar-refractivity contribution in [2.75, 3.05) is 36.2 Å². The minimum absolute atomic E-state index is 0.140. The molecular weight excluding hydrogens is 286 g/mol. The number of anilines is 3. The third-order valence-corrected chi connectivity index (χ3v) is 3.29. The van der Waals surface area contributed by atoms with Gasteiger partial charge in [-0.3, -0.25) is 4.79 Å². The van der Waals surface area contributed by atoms with E-state index in [-0.39, 0.29) is 12.5 Å². The first-order chi connectivity index (χ1) is 10.1. The van der Waals surface area contributed by atoms with Crippen LogP contribution in [0.4, 0.5) is 17.1 Å². The van der Waals surface area contributed by atoms with E-state index < -0.39 is 0 Å². The van der Waals surface area contributed by atoms with Crippen LogP contribution in [0.5, 0.6) is 0 Å². The molecule has 110 valence electrons. The van der Waals surface area contributed by atoms with Crippen LogP contribution in [0.1, 0.15) is 0 Å². The minimum Gasteiger partial charge on any atom is -0.378 e. The second-order valence-corrected chi connectivity index (χ2v) is 5.23. The molecule has 0 aromatic heterocycles. The Morgan fingerprint density at radius 2 is 1.90 bits per heavy atom. The zero-order valence-electron chi connectivity index (χ0n) is 12.1. The van der Waals surface area contributed by atoms with E-state index in [1.54, 1.807) is 12.1 Å². The van der Waals surface area contributed by atoms with Gasteiger partial charge in [-0.1, -0.05) is 29.8 Å². The van der Waals surface area contributed by atoms with Gasteiger partial charge in [0.05, 0.1) is 17.3 Å². The topological polar surface area (TPSA) is 44.4 Å². The average molecular weight is 304 g/mol. The Labute approximate surface area is 129 Å². The van der Waals surface area contributed by atoms with E-state index in [9.17, 15) is 4.79 Å². The first kappa shape index (κ1) is 15.2. The molecule has 0 aliphatic carbocycles. The molecule has 21 heavy (non-hydrogen) atoms. The van der Waals surface area contributed by atoms with Gasteiger partial charge in [-0.25, -0.2) is 0 Å². The maximum Gasteiger partial charge on any atom is 0.243 e. The molecule has 0 aliphatic heterocycles. The Balaban J connectivity index is 1.92. The number of hydrogen-bond acceptors (Lipinski definition) is 3. The van der Waals surface area contributed by atoms with Crippen molar-refractivity contribution >= 4 is 34.6 Å². The van der Waals surface area contributed by atoms with E-state index >= 15 is 0 Å². The van der Waals surface area contributed by atoms with Crippen LogP contribution in [0.25, 0.3) is 0 Å². The van der Waals surface area contributed by atoms with Crippen LogP contribution in [-0.4, -0.2) is 26.5 Å². The third-order valence-electron chi connectivity index (χ3n) is 2.96. The molecule has 1 amide bonds. The first-order valence-electron chi connectivity index (χ1n) is 6.62. The quantitative estimate of drug-likeness (QED) is 0.889. The SMILES string of the molecule is CN(C)c1cccc(NCC(=O)Nc2ccccc2Cl)c1. The second kappa shape index (κ2) is 6.99. The van der Waals surface area contributed by atoms with E-state index in [1.807, 2.05) is 55.4 Å². The number of hydrogen-bond donors (Lipinski definition) is 2. The van der Waals surface area contributed by atoms with Crippen LogP contribution in [0.3, 0.4) is 0 Å². The molecule has 0 saturated heterocycles. The van der Waals surface area contributed by atoms with Gasteiger partial charge in [0.15, 0.2) is 0 Å². The van der Waals surface area contributed by atoms with Crippen LogP contribution in [0.15, 0.2) is 48.5 Å². The van der Waals surface area contributed by atoms with Gasteiger partial charge in [-0.2, -0.15) is 0 Å². The highest BCUT2D eigenvalue weighted by Crippen LogP contribution is 2.20. The van der Waals surface area contributed by atoms with E-state index in [1.165, 1.54) is 0 Å². The predicted molar refractivity (Wildman–Crippen MR) is 89.3 cm³/mol. The maximum atomic E-state index is 11.9. The van der Waals surface area contributed by atoms with Crippen LogP contribution in [-0.2, 0) is 4.79 Å². The smallest absolute Gasteiger partial charge is 0.243 e. The lowest BCUT2D eigenvalue weighted by Crippen LogP contribution is -2.22. The van der Waals surface area contributed by atoms with Gasteiger partial charge in [-0.15, -0.1) is 0 Å². The number of para-hydroxylation sites is 1. The summed E-state index contributed by atoms with van der Waals surface area (Å²) in [5.41, 5.74) is 2.59. The molecular formula is C16H18ClN3O. The van der Waals surface area contributed by atoms with Crippen molar-refractivity contribution in [3.8, 4) is 0 Å². The van der Waals surface area contributed by atoms with E-state index in [2.05, 4.69) is 10.6 Å². The zero-order valence-corrected chi connectivity index (χ0v) is 12.8. The molecule has 2 N–H and O–H groups in total. The Hall–Kier alpha value is -2.20. The fourth-order valence-electron chi connectivity index (χ4n) is 1.83. The molecule has 0 aliphatic rings. The zero-order chi connectivity index (χ0) is 15.2. The van der Waals surface area contributed by atoms with Crippen LogP contribution >= 0.6 is 11.6 Å². The van der Waals surface area contributed by atoms with Gasteiger partial charge >= 0.3 is 0 Å². The Kier molecular flexibility index (Phi) is 5.06. The van der Waals surface area contributed by atoms with Crippen molar-refractivity contribution in [2.45, 2.75) is 0 Å². The molecule has 0 unspecified atom stereocenters. The molecule has 2 aromatic carbocycles. The Morgan fingerprint density at radius 1 is 1.14 bits per heavy atom. The van der Waals surface area contributed by atoms with Crippen molar-refractivity contribution in [2.24, 2.45) is 0 Å². The number of carbonyl (C=O) groups is 1. The number of rotatable bonds is 5. The summed E-state index contributed by atoms with van der Waals surface area (Å²) in [5.74, 6) is -0.140. The van der Waals surface area contributed by atoms with Gasteiger partial charge in [0.2, 0.25) is 5.91 Å². The summed E-state index contributed by atoms with van der Waals surface area (Å²) in [5, 5.41) is 6.40. The molecule has 0 saturated carbocycles. The lowest BCUT2D eigenvalue weighted by atomic mass is 10.2. The highest BCUT2D eigenvalue weighted by Gasteiger charge is 2.05. The third kappa shape index (κ3) is 4.39. The molecule has 0 radical (unpaired) electrons. The predicted octanol–water partition coefficient (Wildman–Crippen LogP) is 3.46. The van der Waals surface area contributed by atoms with Crippen LogP contribution in [0, 0.1) is 0 Å². The van der Waals surface area contributed by atoms with Crippen molar-refractivity contribution in [1.29, 1.82) is 0 Å². The summed E-state index contributed by atoms with van der Waals surface area (Å²) in [6, 6.07) is 15.0. The summed E-state index contributed by atoms with van der Waals surface area (Å²) >= 11 is 6.00. The maximum absolute atomic E-state index is 11.9. The van der Waals surface area contributed by atoms with Gasteiger partial charge in [0, 0.05) is 25.5 Å². The van der Waals surface area contributed by atoms with Gasteiger partial charge in [0.25, 0.3) is 0 Å². The number of benzene rings is 2. The van der Waals surface area contributed by atoms with E-state index in [4.69, 9.17) is 11.6 Å². The van der Waals surface area contributed by atoms with Crippen molar-refractivity contribution < 1.29 is 4.79 Å². The molecule has 5 heteroatoms. The normalized spacial score (nSPS) is 10.0. The summed E-state index contributed by atoms with van der Waals surface area (Å²) in [4.78, 5) is 13.9. The highest BCUT2D eigenvalue weighted by atomic mass is 35.5. The molecule has 0 fully saturated rings. The minimum atomic E-state index is -0.140. The number of nitrogens with one attached hydrogen (secondary N) is 2. The van der Waals surface area contributed by atoms with Gasteiger partial charge in [0.1, 0.15) is 0 Å². The summed E-state index contributed by atoms with van der Waals surface area (Å²) in [7, 11) is 3.95. The lowest BCUT2D eigenvalue weighted by molar-refractivity contribution is -0.114. The first-order valence-corrected chi connectivity index (χ1v) is 6.99. The molecule has 2 rings (SSSR count). The summed E-state index contributed by atoms with van der Waals surface area (Å²) in [6.45, 7) is 0.183. The molecule has 0 spiro atoms. The Morgan fingerprint density at radius 3 is 2.62 bits per heavy atom. The van der Waals surface area contributed by atoms with Gasteiger partial charge < -0.3 is 15.5 Å². The standard InChI is InChI=1S/C16H18ClN3O/c1-20(2)13-7-5-6-12(10-13)18-11-16(21)19-15-9-4-3-8-14(15)17/h3-10,18H,11H2,1-2H3,(H,19,21). The number of carbonyl (C=O) groups excluding carboxylic acids is 1. The largest absolute Gasteiger partial charge is 0.378 e. The second-order valence-electron chi connectivity index (χ2n) is 4.83. The van der Waals surface area contributed by atoms with Crippen molar-refractivity contribution in [3.63, 3.8) is 0 Å². The number of halogens is 1. The fraction of sp³-hybridized carbons (Fsp3) is 0.188. The fourth-order valence-corrected chi connectivity index (χ4v) is 2.02. The summed E-state index contributed by atoms with van der Waals surface area (Å²) in [6.07, 6.45) is 0. The van der Waals surface area contributed by atoms with Gasteiger partial charge in [-0.05, 0) is 30.3 Å². The molecule has 0 atom stereocenters. The summed E-state index contributed by atoms with van der Waals surface area (Å²) < 4.78 is 0. The highest BCUT2D eigenvalue weighted by molar-refractivity contribution is 6.33. The van der Waals surface area contributed by atoms with Crippen molar-refractivity contribution in [3.05, 3.63) is 53.6 Å². The molecule has 4 nitrogen and oxygen atoms in total. The van der Waals surface area contributed by atoms with E-state index in [0.717, 1.165) is 11.4 Å². The molecule has 0 heterocycles. The lowest BCUT2D eigenvalue weighted by Gasteiger charge is -2.14. The van der Waals surface area contributed by atoms with Crippen LogP contribution < -0.4 is 15.5 Å². The number of amides is 1. The van der Waals surface area contributed by atoms with E-state index in [0.29, 0.717) is 10.7 Å². The van der Waals surface area contributed by atoms with Crippen molar-refractivity contribution in [1.82, 2.24) is 0 Å².